The largest absolute Gasteiger partial charge is 0.879 e. The van der Waals surface area contributed by atoms with Crippen molar-refractivity contribution in [2.45, 2.75) is 11.7 Å². The van der Waals surface area contributed by atoms with Crippen LogP contribution in [0.15, 0.2) is 0 Å². The standard InChI is InChI=1S/C2FN5O10/c3-1(4(9)10,5(11)12)2(6(13)14,7(15)16)8(17)18. The minimum Gasteiger partial charge on any atom is -0.255 e. The summed E-state index contributed by atoms with van der Waals surface area (Å²) in [5, 5.41) is 50.9. The Balaban J connectivity index is 6.60. The summed E-state index contributed by atoms with van der Waals surface area (Å²) in [5.74, 6) is -11.3. The predicted molar refractivity (Wildman–Crippen MR) is 41.5 cm³/mol. The molecular weight excluding hydrogens is 273 g/mol. The van der Waals surface area contributed by atoms with E-state index in [1.807, 2.05) is 0 Å². The van der Waals surface area contributed by atoms with E-state index in [0.29, 0.717) is 0 Å². The molecule has 0 aromatic carbocycles. The van der Waals surface area contributed by atoms with Crippen LogP contribution in [-0.4, -0.2) is 36.3 Å². The Kier molecular flexibility index (Phi) is 3.37. The SMILES string of the molecule is O=[N+]([O-])C(F)([N+](=O)[O-])C([N+](=O)[O-])([N+](=O)[O-])[N+](=O)[O-]. The molecule has 15 nitrogen and oxygen atoms in total. The average molecular weight is 273 g/mol. The van der Waals surface area contributed by atoms with Crippen molar-refractivity contribution in [3.05, 3.63) is 50.6 Å². The van der Waals surface area contributed by atoms with E-state index in [1.165, 1.54) is 0 Å². The number of nitro groups is 5. The first-order valence-corrected chi connectivity index (χ1v) is 3.38. The molecule has 0 saturated carbocycles. The highest BCUT2D eigenvalue weighted by Gasteiger charge is 3.06. The number of rotatable bonds is 6. The van der Waals surface area contributed by atoms with E-state index >= 15 is 0 Å². The van der Waals surface area contributed by atoms with Gasteiger partial charge >= 0.3 is 11.7 Å². The van der Waals surface area contributed by atoms with Crippen LogP contribution in [0.2, 0.25) is 0 Å². The van der Waals surface area contributed by atoms with Gasteiger partial charge in [-0.05, 0) is 0 Å². The normalized spacial score (nSPS) is 11.6. The summed E-state index contributed by atoms with van der Waals surface area (Å²) in [6, 6.07) is 0. The van der Waals surface area contributed by atoms with Crippen LogP contribution in [0.5, 0.6) is 0 Å². The van der Waals surface area contributed by atoms with Gasteiger partial charge < -0.3 is 0 Å². The molecule has 16 heteroatoms. The highest BCUT2D eigenvalue weighted by molar-refractivity contribution is 4.66. The fraction of sp³-hybridized carbons (Fsp3) is 1.00. The number of hydrogen-bond donors (Lipinski definition) is 0. The van der Waals surface area contributed by atoms with E-state index in [0.717, 1.165) is 0 Å². The van der Waals surface area contributed by atoms with Crippen molar-refractivity contribution >= 4 is 0 Å². The van der Waals surface area contributed by atoms with Crippen molar-refractivity contribution in [2.24, 2.45) is 0 Å². The van der Waals surface area contributed by atoms with Crippen molar-refractivity contribution in [1.29, 1.82) is 0 Å². The Morgan fingerprint density at radius 2 is 0.833 bits per heavy atom. The maximum atomic E-state index is 13.4. The molecular formula is C2FN5O10. The van der Waals surface area contributed by atoms with Crippen LogP contribution in [0, 0.1) is 50.6 Å². The molecule has 0 spiro atoms. The fourth-order valence-corrected chi connectivity index (χ4v) is 0.860. The average Bonchev–Trinajstić information content (AvgIpc) is 2.15. The molecule has 0 aliphatic rings. The molecule has 0 N–H and O–H groups in total. The summed E-state index contributed by atoms with van der Waals surface area (Å²) in [6.07, 6.45) is 0. The van der Waals surface area contributed by atoms with Crippen LogP contribution in [0.4, 0.5) is 4.39 Å². The van der Waals surface area contributed by atoms with Gasteiger partial charge in [-0.2, -0.15) is 0 Å². The second kappa shape index (κ2) is 4.07. The first-order valence-electron chi connectivity index (χ1n) is 3.38. The minimum atomic E-state index is -5.77. The van der Waals surface area contributed by atoms with E-state index in [1.54, 1.807) is 0 Å². The molecule has 0 unspecified atom stereocenters. The van der Waals surface area contributed by atoms with Crippen molar-refractivity contribution < 1.29 is 29.0 Å². The highest BCUT2D eigenvalue weighted by Crippen LogP contribution is 2.32. The molecule has 0 rings (SSSR count). The Bertz CT molecular complexity index is 407. The van der Waals surface area contributed by atoms with E-state index in [2.05, 4.69) is 0 Å². The monoisotopic (exact) mass is 273 g/mol. The van der Waals surface area contributed by atoms with Gasteiger partial charge in [0.25, 0.3) is 0 Å². The lowest BCUT2D eigenvalue weighted by molar-refractivity contribution is -1.06. The summed E-state index contributed by atoms with van der Waals surface area (Å²) < 4.78 is 13.4. The number of alkyl halides is 1. The van der Waals surface area contributed by atoms with Crippen molar-refractivity contribution in [3.63, 3.8) is 0 Å². The Labute approximate surface area is 92.5 Å². The van der Waals surface area contributed by atoms with Gasteiger partial charge in [0, 0.05) is 0 Å². The third-order valence-electron chi connectivity index (χ3n) is 1.67. The molecule has 0 fully saturated rings. The quantitative estimate of drug-likeness (QED) is 0.239. The summed E-state index contributed by atoms with van der Waals surface area (Å²) in [4.78, 5) is 37.5. The smallest absolute Gasteiger partial charge is 0.255 e. The molecule has 0 aliphatic heterocycles. The van der Waals surface area contributed by atoms with Crippen LogP contribution >= 0.6 is 0 Å². The lowest BCUT2D eigenvalue weighted by atomic mass is 10.2. The lowest BCUT2D eigenvalue weighted by Gasteiger charge is -2.10. The van der Waals surface area contributed by atoms with Crippen LogP contribution < -0.4 is 0 Å². The third kappa shape index (κ3) is 1.43. The van der Waals surface area contributed by atoms with Gasteiger partial charge in [-0.25, -0.2) is 0 Å². The Hall–Kier alpha value is -3.07. The first-order chi connectivity index (χ1) is 7.97. The summed E-state index contributed by atoms with van der Waals surface area (Å²) in [5.41, 5.74) is 0. The molecule has 0 amide bonds. The molecule has 0 radical (unpaired) electrons. The van der Waals surface area contributed by atoms with Crippen molar-refractivity contribution in [2.75, 3.05) is 0 Å². The molecule has 100 valence electrons. The Morgan fingerprint density at radius 1 is 0.611 bits per heavy atom. The number of halogens is 1. The van der Waals surface area contributed by atoms with Gasteiger partial charge in [-0.15, -0.1) is 0 Å². The molecule has 0 aliphatic carbocycles. The van der Waals surface area contributed by atoms with Crippen LogP contribution in [0.1, 0.15) is 0 Å². The summed E-state index contributed by atoms with van der Waals surface area (Å²) in [7, 11) is 0. The zero-order valence-corrected chi connectivity index (χ0v) is 7.70. The maximum Gasteiger partial charge on any atom is 0.879 e. The molecule has 18 heavy (non-hydrogen) atoms. The van der Waals surface area contributed by atoms with Gasteiger partial charge in [-0.1, -0.05) is 4.39 Å². The van der Waals surface area contributed by atoms with Gasteiger partial charge in [0.05, 0.1) is 0 Å². The molecule has 0 aromatic heterocycles. The second-order valence-corrected chi connectivity index (χ2v) is 2.51. The van der Waals surface area contributed by atoms with E-state index in [-0.39, 0.29) is 0 Å². The van der Waals surface area contributed by atoms with E-state index in [9.17, 15) is 55.0 Å². The molecule has 0 atom stereocenters. The van der Waals surface area contributed by atoms with Crippen LogP contribution in [-0.2, 0) is 0 Å². The van der Waals surface area contributed by atoms with Gasteiger partial charge in [0.2, 0.25) is 0 Å². The van der Waals surface area contributed by atoms with Crippen molar-refractivity contribution in [1.82, 2.24) is 0 Å². The summed E-state index contributed by atoms with van der Waals surface area (Å²) >= 11 is 0. The number of nitrogens with zero attached hydrogens (tertiary/aromatic N) is 5. The highest BCUT2D eigenvalue weighted by atomic mass is 19.2. The van der Waals surface area contributed by atoms with Crippen LogP contribution in [0.3, 0.4) is 0 Å². The summed E-state index contributed by atoms with van der Waals surface area (Å²) in [6.45, 7) is 0. The maximum absolute atomic E-state index is 13.4. The molecule has 0 aromatic rings. The van der Waals surface area contributed by atoms with E-state index < -0.39 is 36.3 Å². The van der Waals surface area contributed by atoms with Gasteiger partial charge in [0.15, 0.2) is 24.6 Å². The third-order valence-corrected chi connectivity index (χ3v) is 1.67. The van der Waals surface area contributed by atoms with E-state index in [4.69, 9.17) is 0 Å². The minimum absolute atomic E-state index is 2.65. The topological polar surface area (TPSA) is 216 Å². The predicted octanol–water partition coefficient (Wildman–Crippen LogP) is -1.35. The molecule has 0 saturated heterocycles. The first kappa shape index (κ1) is 14.9. The lowest BCUT2D eigenvalue weighted by Crippen LogP contribution is -2.72. The fourth-order valence-electron chi connectivity index (χ4n) is 0.860. The second-order valence-electron chi connectivity index (χ2n) is 2.51. The zero-order valence-electron chi connectivity index (χ0n) is 7.70. The number of hydrogen-bond acceptors (Lipinski definition) is 10. The van der Waals surface area contributed by atoms with Crippen molar-refractivity contribution in [3.8, 4) is 0 Å². The molecule has 0 heterocycles. The zero-order chi connectivity index (χ0) is 14.9. The Morgan fingerprint density at radius 3 is 0.889 bits per heavy atom. The van der Waals surface area contributed by atoms with Gasteiger partial charge in [-0.3, -0.25) is 50.6 Å². The van der Waals surface area contributed by atoms with Crippen LogP contribution in [0.25, 0.3) is 0 Å². The van der Waals surface area contributed by atoms with Gasteiger partial charge in [0.1, 0.15) is 0 Å². The molecule has 0 bridgehead atoms.